The number of hydrogen-bond acceptors (Lipinski definition) is 6. The van der Waals surface area contributed by atoms with E-state index in [0.29, 0.717) is 11.1 Å². The fourth-order valence-electron chi connectivity index (χ4n) is 2.15. The third kappa shape index (κ3) is 7.06. The average Bonchev–Trinajstić information content (AvgIpc) is 2.71. The Bertz CT molecular complexity index is 899. The molecule has 2 rings (SSSR count). The van der Waals surface area contributed by atoms with E-state index in [1.54, 1.807) is 18.2 Å². The van der Waals surface area contributed by atoms with Crippen LogP contribution in [0.25, 0.3) is 6.08 Å². The summed E-state index contributed by atoms with van der Waals surface area (Å²) < 4.78 is 38.6. The summed E-state index contributed by atoms with van der Waals surface area (Å²) in [6.45, 7) is -3.65. The number of carbonyl (C=O) groups excluding carboxylic acids is 3. The number of halogens is 2. The van der Waals surface area contributed by atoms with Gasteiger partial charge in [0.25, 0.3) is 11.8 Å². The smallest absolute Gasteiger partial charge is 0.387 e. The molecule has 0 aliphatic carbocycles. The van der Waals surface area contributed by atoms with E-state index in [4.69, 9.17) is 9.47 Å². The van der Waals surface area contributed by atoms with Gasteiger partial charge in [-0.05, 0) is 35.9 Å². The Labute approximate surface area is 164 Å². The highest BCUT2D eigenvalue weighted by Crippen LogP contribution is 2.29. The summed E-state index contributed by atoms with van der Waals surface area (Å²) in [6, 6.07) is 12.1. The first kappa shape index (κ1) is 21.5. The van der Waals surface area contributed by atoms with Crippen LogP contribution in [-0.2, 0) is 14.3 Å². The minimum absolute atomic E-state index is 0.0552. The summed E-state index contributed by atoms with van der Waals surface area (Å²) in [5.41, 5.74) is 0.740. The third-order valence-corrected chi connectivity index (χ3v) is 3.45. The topological polar surface area (TPSA) is 90.9 Å². The monoisotopic (exact) mass is 405 g/mol. The Hall–Kier alpha value is -3.75. The van der Waals surface area contributed by atoms with Crippen LogP contribution in [0, 0.1) is 0 Å². The number of amides is 2. The molecule has 0 bridgehead atoms. The van der Waals surface area contributed by atoms with Crippen LogP contribution in [0.1, 0.15) is 15.9 Å². The standard InChI is InChI=1S/C20H17F2NO6/c1-27-16-11-13(7-9-15(16)29-20(21)22)8-10-18(25)28-12-17(24)23-19(26)14-5-3-2-4-6-14/h2-11,20H,12H2,1H3,(H,23,24,26)/b10-8+. The Kier molecular flexibility index (Phi) is 7.84. The molecule has 0 aliphatic rings. The van der Waals surface area contributed by atoms with Crippen LogP contribution in [0.15, 0.2) is 54.6 Å². The van der Waals surface area contributed by atoms with Crippen LogP contribution in [0.5, 0.6) is 11.5 Å². The maximum atomic E-state index is 12.3. The predicted molar refractivity (Wildman–Crippen MR) is 98.5 cm³/mol. The minimum Gasteiger partial charge on any atom is -0.493 e. The number of hydrogen-bond donors (Lipinski definition) is 1. The van der Waals surface area contributed by atoms with Crippen molar-refractivity contribution in [2.75, 3.05) is 13.7 Å². The van der Waals surface area contributed by atoms with Crippen molar-refractivity contribution in [2.45, 2.75) is 6.61 Å². The highest BCUT2D eigenvalue weighted by molar-refractivity contribution is 6.05. The molecule has 0 saturated heterocycles. The van der Waals surface area contributed by atoms with Crippen molar-refractivity contribution in [3.8, 4) is 11.5 Å². The molecule has 152 valence electrons. The summed E-state index contributed by atoms with van der Waals surface area (Å²) in [5.74, 6) is -2.32. The van der Waals surface area contributed by atoms with Gasteiger partial charge in [0, 0.05) is 11.6 Å². The van der Waals surface area contributed by atoms with Gasteiger partial charge in [-0.1, -0.05) is 24.3 Å². The fraction of sp³-hybridized carbons (Fsp3) is 0.150. The van der Waals surface area contributed by atoms with Gasteiger partial charge in [0.1, 0.15) is 0 Å². The third-order valence-electron chi connectivity index (χ3n) is 3.45. The Balaban J connectivity index is 1.86. The van der Waals surface area contributed by atoms with Crippen molar-refractivity contribution in [1.29, 1.82) is 0 Å². The molecule has 2 aromatic carbocycles. The molecule has 0 radical (unpaired) electrons. The molecule has 0 atom stereocenters. The molecule has 0 aromatic heterocycles. The van der Waals surface area contributed by atoms with E-state index in [9.17, 15) is 23.2 Å². The number of alkyl halides is 2. The van der Waals surface area contributed by atoms with Gasteiger partial charge in [0.2, 0.25) is 0 Å². The average molecular weight is 405 g/mol. The Morgan fingerprint density at radius 2 is 1.79 bits per heavy atom. The first-order valence-electron chi connectivity index (χ1n) is 8.26. The second-order valence-corrected chi connectivity index (χ2v) is 5.47. The van der Waals surface area contributed by atoms with Crippen LogP contribution in [-0.4, -0.2) is 38.1 Å². The van der Waals surface area contributed by atoms with Crippen molar-refractivity contribution in [2.24, 2.45) is 0 Å². The normalized spacial score (nSPS) is 10.6. The van der Waals surface area contributed by atoms with Crippen LogP contribution in [0.4, 0.5) is 8.78 Å². The van der Waals surface area contributed by atoms with E-state index in [-0.39, 0.29) is 11.5 Å². The number of methoxy groups -OCH3 is 1. The zero-order chi connectivity index (χ0) is 21.2. The van der Waals surface area contributed by atoms with Crippen molar-refractivity contribution >= 4 is 23.9 Å². The lowest BCUT2D eigenvalue weighted by Gasteiger charge is -2.10. The molecule has 29 heavy (non-hydrogen) atoms. The lowest BCUT2D eigenvalue weighted by molar-refractivity contribution is -0.143. The van der Waals surface area contributed by atoms with Gasteiger partial charge in [-0.15, -0.1) is 0 Å². The maximum Gasteiger partial charge on any atom is 0.387 e. The van der Waals surface area contributed by atoms with Gasteiger partial charge in [0.05, 0.1) is 7.11 Å². The molecule has 1 N–H and O–H groups in total. The van der Waals surface area contributed by atoms with Gasteiger partial charge in [-0.3, -0.25) is 14.9 Å². The summed E-state index contributed by atoms with van der Waals surface area (Å²) in [6.07, 6.45) is 2.37. The highest BCUT2D eigenvalue weighted by atomic mass is 19.3. The molecule has 0 fully saturated rings. The van der Waals surface area contributed by atoms with Gasteiger partial charge in [0.15, 0.2) is 18.1 Å². The molecule has 0 heterocycles. The molecule has 0 saturated carbocycles. The molecular weight excluding hydrogens is 388 g/mol. The van der Waals surface area contributed by atoms with Crippen molar-refractivity contribution in [3.63, 3.8) is 0 Å². The molecule has 2 amide bonds. The van der Waals surface area contributed by atoms with Crippen molar-refractivity contribution in [1.82, 2.24) is 5.32 Å². The van der Waals surface area contributed by atoms with Gasteiger partial charge < -0.3 is 14.2 Å². The van der Waals surface area contributed by atoms with E-state index >= 15 is 0 Å². The molecule has 2 aromatic rings. The van der Waals surface area contributed by atoms with Crippen LogP contribution < -0.4 is 14.8 Å². The number of ether oxygens (including phenoxy) is 3. The van der Waals surface area contributed by atoms with E-state index in [1.807, 2.05) is 0 Å². The minimum atomic E-state index is -3.00. The van der Waals surface area contributed by atoms with E-state index in [1.165, 1.54) is 43.5 Å². The lowest BCUT2D eigenvalue weighted by Crippen LogP contribution is -2.33. The molecule has 9 heteroatoms. The number of carbonyl (C=O) groups is 3. The second kappa shape index (κ2) is 10.5. The van der Waals surface area contributed by atoms with E-state index in [2.05, 4.69) is 10.1 Å². The van der Waals surface area contributed by atoms with E-state index in [0.717, 1.165) is 6.08 Å². The number of rotatable bonds is 8. The Morgan fingerprint density at radius 3 is 2.45 bits per heavy atom. The summed E-state index contributed by atoms with van der Waals surface area (Å²) in [7, 11) is 1.28. The van der Waals surface area contributed by atoms with Crippen LogP contribution >= 0.6 is 0 Å². The zero-order valence-corrected chi connectivity index (χ0v) is 15.3. The van der Waals surface area contributed by atoms with E-state index < -0.39 is 31.0 Å². The fourth-order valence-corrected chi connectivity index (χ4v) is 2.15. The number of benzene rings is 2. The predicted octanol–water partition coefficient (Wildman–Crippen LogP) is 2.81. The van der Waals surface area contributed by atoms with Gasteiger partial charge in [-0.25, -0.2) is 4.79 Å². The number of esters is 1. The number of imide groups is 1. The first-order chi connectivity index (χ1) is 13.9. The summed E-state index contributed by atoms with van der Waals surface area (Å²) in [4.78, 5) is 35.2. The maximum absolute atomic E-state index is 12.3. The molecule has 0 aliphatic heterocycles. The van der Waals surface area contributed by atoms with Gasteiger partial charge in [-0.2, -0.15) is 8.78 Å². The molecule has 0 spiro atoms. The van der Waals surface area contributed by atoms with Crippen molar-refractivity contribution < 1.29 is 37.4 Å². The van der Waals surface area contributed by atoms with Crippen LogP contribution in [0.3, 0.4) is 0 Å². The largest absolute Gasteiger partial charge is 0.493 e. The molecule has 7 nitrogen and oxygen atoms in total. The summed E-state index contributed by atoms with van der Waals surface area (Å²) in [5, 5.41) is 2.09. The lowest BCUT2D eigenvalue weighted by atomic mass is 10.2. The quantitative estimate of drug-likeness (QED) is 0.537. The zero-order valence-electron chi connectivity index (χ0n) is 15.3. The molecular formula is C20H17F2NO6. The van der Waals surface area contributed by atoms with Crippen LogP contribution in [0.2, 0.25) is 0 Å². The first-order valence-corrected chi connectivity index (χ1v) is 8.26. The SMILES string of the molecule is COc1cc(/C=C/C(=O)OCC(=O)NC(=O)c2ccccc2)ccc1OC(F)F. The number of nitrogens with one attached hydrogen (secondary N) is 1. The summed E-state index contributed by atoms with van der Waals surface area (Å²) >= 11 is 0. The van der Waals surface area contributed by atoms with Gasteiger partial charge >= 0.3 is 12.6 Å². The van der Waals surface area contributed by atoms with Crippen molar-refractivity contribution in [3.05, 3.63) is 65.7 Å². The second-order valence-electron chi connectivity index (χ2n) is 5.47. The molecule has 0 unspecified atom stereocenters. The Morgan fingerprint density at radius 1 is 1.07 bits per heavy atom. The highest BCUT2D eigenvalue weighted by Gasteiger charge is 2.12.